The summed E-state index contributed by atoms with van der Waals surface area (Å²) in [6.07, 6.45) is -0.249. The van der Waals surface area contributed by atoms with Crippen LogP contribution < -0.4 is 4.74 Å². The molecule has 2 aromatic rings. The molecule has 0 fully saturated rings. The third-order valence-electron chi connectivity index (χ3n) is 2.80. The Hall–Kier alpha value is -2.41. The molecular weight excluding hydrogens is 272 g/mol. The molecule has 1 aromatic carbocycles. The first-order valence-corrected chi connectivity index (χ1v) is 5.57. The van der Waals surface area contributed by atoms with Gasteiger partial charge in [0, 0.05) is 23.4 Å². The highest BCUT2D eigenvalue weighted by Crippen LogP contribution is 2.36. The van der Waals surface area contributed by atoms with Gasteiger partial charge in [-0.2, -0.15) is 0 Å². The van der Waals surface area contributed by atoms with E-state index in [-0.39, 0.29) is 22.6 Å². The molecule has 0 aliphatic carbocycles. The number of hydrogen-bond donors (Lipinski definition) is 2. The van der Waals surface area contributed by atoms with E-state index in [4.69, 9.17) is 9.84 Å². The number of carbonyl (C=O) groups is 1. The molecule has 0 aliphatic heterocycles. The van der Waals surface area contributed by atoms with Crippen molar-refractivity contribution in [3.63, 3.8) is 0 Å². The summed E-state index contributed by atoms with van der Waals surface area (Å²) < 4.78 is 32.5. The van der Waals surface area contributed by atoms with Crippen LogP contribution in [0.4, 0.5) is 13.6 Å². The molecule has 0 amide bonds. The molecule has 0 saturated carbocycles. The van der Waals surface area contributed by atoms with Crippen LogP contribution in [0, 0.1) is 11.6 Å². The quantitative estimate of drug-likeness (QED) is 0.907. The highest BCUT2D eigenvalue weighted by atomic mass is 19.1. The van der Waals surface area contributed by atoms with Crippen LogP contribution in [0.2, 0.25) is 0 Å². The average Bonchev–Trinajstić information content (AvgIpc) is 2.77. The summed E-state index contributed by atoms with van der Waals surface area (Å²) in [7, 11) is 1.27. The summed E-state index contributed by atoms with van der Waals surface area (Å²) in [6, 6.07) is 2.77. The van der Waals surface area contributed by atoms with Gasteiger partial charge in [-0.05, 0) is 12.1 Å². The van der Waals surface area contributed by atoms with E-state index in [1.807, 2.05) is 0 Å². The molecule has 0 saturated heterocycles. The average molecular weight is 283 g/mol. The zero-order valence-corrected chi connectivity index (χ0v) is 10.4. The first-order valence-electron chi connectivity index (χ1n) is 5.57. The van der Waals surface area contributed by atoms with Gasteiger partial charge in [-0.3, -0.25) is 0 Å². The largest absolute Gasteiger partial charge is 0.494 e. The molecule has 106 valence electrons. The summed E-state index contributed by atoms with van der Waals surface area (Å²) in [5.74, 6) is -1.67. The number of methoxy groups -OCH3 is 1. The predicted octanol–water partition coefficient (Wildman–Crippen LogP) is 2.46. The molecule has 1 heterocycles. The van der Waals surface area contributed by atoms with Gasteiger partial charge in [0.15, 0.2) is 5.75 Å². The van der Waals surface area contributed by atoms with E-state index < -0.39 is 24.3 Å². The third kappa shape index (κ3) is 2.23. The van der Waals surface area contributed by atoms with Crippen molar-refractivity contribution < 1.29 is 28.5 Å². The Balaban J connectivity index is 2.76. The summed E-state index contributed by atoms with van der Waals surface area (Å²) >= 11 is 0. The fourth-order valence-corrected chi connectivity index (χ4v) is 1.97. The second-order valence-corrected chi connectivity index (χ2v) is 3.97. The molecule has 0 spiro atoms. The van der Waals surface area contributed by atoms with E-state index in [9.17, 15) is 18.7 Å². The second kappa shape index (κ2) is 5.30. The summed E-state index contributed by atoms with van der Waals surface area (Å²) in [4.78, 5) is 11.2. The minimum absolute atomic E-state index is 0.0282. The predicted molar refractivity (Wildman–Crippen MR) is 65.7 cm³/mol. The second-order valence-electron chi connectivity index (χ2n) is 3.97. The van der Waals surface area contributed by atoms with E-state index in [1.165, 1.54) is 7.11 Å². The Labute approximate surface area is 112 Å². The fourth-order valence-electron chi connectivity index (χ4n) is 1.97. The number of nitrogens with zero attached hydrogens (tertiary/aromatic N) is 1. The lowest BCUT2D eigenvalue weighted by molar-refractivity contribution is 0.196. The van der Waals surface area contributed by atoms with E-state index in [0.717, 1.165) is 22.9 Å². The van der Waals surface area contributed by atoms with Crippen molar-refractivity contribution in [2.75, 3.05) is 7.11 Å². The maximum Gasteiger partial charge on any atom is 0.416 e. The van der Waals surface area contributed by atoms with Gasteiger partial charge in [-0.15, -0.1) is 0 Å². The minimum atomic E-state index is -1.37. The van der Waals surface area contributed by atoms with Gasteiger partial charge in [0.2, 0.25) is 0 Å². The van der Waals surface area contributed by atoms with Crippen molar-refractivity contribution in [1.29, 1.82) is 0 Å². The van der Waals surface area contributed by atoms with Crippen LogP contribution in [0.25, 0.3) is 11.3 Å². The van der Waals surface area contributed by atoms with Crippen molar-refractivity contribution >= 4 is 6.09 Å². The zero-order chi connectivity index (χ0) is 14.9. The molecule has 0 atom stereocenters. The summed E-state index contributed by atoms with van der Waals surface area (Å²) in [5, 5.41) is 18.3. The van der Waals surface area contributed by atoms with E-state index in [2.05, 4.69) is 0 Å². The highest BCUT2D eigenvalue weighted by Gasteiger charge is 2.23. The smallest absolute Gasteiger partial charge is 0.416 e. The maximum absolute atomic E-state index is 13.8. The number of ether oxygens (including phenoxy) is 1. The summed E-state index contributed by atoms with van der Waals surface area (Å²) in [6.45, 7) is -0.473. The molecular formula is C13H11F2NO4. The Morgan fingerprint density at radius 3 is 2.60 bits per heavy atom. The highest BCUT2D eigenvalue weighted by molar-refractivity contribution is 5.82. The standard InChI is InChI=1S/C13H11F2NO4/c1-20-12-7(6-17)5-16(13(18)19)11(12)9-3-2-8(14)4-10(9)15/h2-5,17H,6H2,1H3,(H,18,19). The van der Waals surface area contributed by atoms with Crippen molar-refractivity contribution in [2.24, 2.45) is 0 Å². The van der Waals surface area contributed by atoms with Gasteiger partial charge in [0.1, 0.15) is 17.3 Å². The first kappa shape index (κ1) is 14.0. The van der Waals surface area contributed by atoms with E-state index in [0.29, 0.717) is 6.07 Å². The van der Waals surface area contributed by atoms with E-state index in [1.54, 1.807) is 0 Å². The van der Waals surface area contributed by atoms with Gasteiger partial charge < -0.3 is 14.9 Å². The van der Waals surface area contributed by atoms with Gasteiger partial charge in [-0.25, -0.2) is 18.1 Å². The molecule has 20 heavy (non-hydrogen) atoms. The van der Waals surface area contributed by atoms with Gasteiger partial charge in [0.05, 0.1) is 13.7 Å². The molecule has 7 heteroatoms. The van der Waals surface area contributed by atoms with Crippen molar-refractivity contribution in [2.45, 2.75) is 6.61 Å². The first-order chi connectivity index (χ1) is 9.49. The van der Waals surface area contributed by atoms with Crippen molar-refractivity contribution in [1.82, 2.24) is 4.57 Å². The minimum Gasteiger partial charge on any atom is -0.494 e. The van der Waals surface area contributed by atoms with Crippen LogP contribution in [-0.4, -0.2) is 28.0 Å². The van der Waals surface area contributed by atoms with Crippen LogP contribution in [0.3, 0.4) is 0 Å². The third-order valence-corrected chi connectivity index (χ3v) is 2.80. The number of aromatic nitrogens is 1. The Kier molecular flexibility index (Phi) is 3.71. The monoisotopic (exact) mass is 283 g/mol. The number of halogens is 2. The normalized spacial score (nSPS) is 10.6. The SMILES string of the molecule is COc1c(CO)cn(C(=O)O)c1-c1ccc(F)cc1F. The Morgan fingerprint density at radius 1 is 1.40 bits per heavy atom. The van der Waals surface area contributed by atoms with Crippen LogP contribution in [0.5, 0.6) is 5.75 Å². The lowest BCUT2D eigenvalue weighted by Gasteiger charge is -2.09. The van der Waals surface area contributed by atoms with Crippen LogP contribution >= 0.6 is 0 Å². The Bertz CT molecular complexity index is 667. The molecule has 0 aliphatic rings. The van der Waals surface area contributed by atoms with Crippen molar-refractivity contribution in [3.05, 3.63) is 41.6 Å². The molecule has 5 nitrogen and oxygen atoms in total. The van der Waals surface area contributed by atoms with Crippen LogP contribution in [0.1, 0.15) is 5.56 Å². The lowest BCUT2D eigenvalue weighted by Crippen LogP contribution is -2.09. The molecule has 0 bridgehead atoms. The number of carboxylic acid groups (broad SMARTS) is 1. The molecule has 1 aromatic heterocycles. The van der Waals surface area contributed by atoms with Gasteiger partial charge in [-0.1, -0.05) is 0 Å². The van der Waals surface area contributed by atoms with Crippen LogP contribution in [0.15, 0.2) is 24.4 Å². The molecule has 0 radical (unpaired) electrons. The zero-order valence-electron chi connectivity index (χ0n) is 10.4. The number of rotatable bonds is 3. The fraction of sp³-hybridized carbons (Fsp3) is 0.154. The lowest BCUT2D eigenvalue weighted by atomic mass is 10.1. The molecule has 0 unspecified atom stereocenters. The number of aliphatic hydroxyl groups excluding tert-OH is 1. The maximum atomic E-state index is 13.8. The Morgan fingerprint density at radius 2 is 2.10 bits per heavy atom. The molecule has 2 N–H and O–H groups in total. The van der Waals surface area contributed by atoms with Gasteiger partial charge in [0.25, 0.3) is 0 Å². The number of aliphatic hydroxyl groups is 1. The number of benzene rings is 1. The van der Waals surface area contributed by atoms with Crippen molar-refractivity contribution in [3.8, 4) is 17.0 Å². The molecule has 2 rings (SSSR count). The summed E-state index contributed by atoms with van der Waals surface area (Å²) in [5.41, 5.74) is -0.0412. The number of hydrogen-bond acceptors (Lipinski definition) is 3. The topological polar surface area (TPSA) is 71.7 Å². The van der Waals surface area contributed by atoms with Crippen LogP contribution in [-0.2, 0) is 6.61 Å². The van der Waals surface area contributed by atoms with Gasteiger partial charge >= 0.3 is 6.09 Å². The van der Waals surface area contributed by atoms with E-state index >= 15 is 0 Å².